The molecule has 0 aromatic heterocycles. The Morgan fingerprint density at radius 3 is 2.85 bits per heavy atom. The Hall–Kier alpha value is -1.66. The minimum absolute atomic E-state index is 0.0387. The van der Waals surface area contributed by atoms with Crippen LogP contribution in [0, 0.1) is 15.5 Å². The van der Waals surface area contributed by atoms with E-state index in [1.165, 1.54) is 18.2 Å². The smallest absolute Gasteiger partial charge is 0.289 e. The normalized spacial score (nSPS) is 25.4. The average molecular weight is 298 g/mol. The third kappa shape index (κ3) is 2.62. The summed E-state index contributed by atoms with van der Waals surface area (Å²) in [6.07, 6.45) is 2.44. The second kappa shape index (κ2) is 5.38. The molecule has 0 spiro atoms. The van der Waals surface area contributed by atoms with Crippen molar-refractivity contribution in [1.82, 2.24) is 0 Å². The van der Waals surface area contributed by atoms with Crippen LogP contribution in [0.5, 0.6) is 0 Å². The van der Waals surface area contributed by atoms with Crippen molar-refractivity contribution in [1.29, 1.82) is 0 Å². The number of carbonyl (C=O) groups is 1. The number of hydrogen-bond donors (Lipinski definition) is 2. The molecule has 1 aromatic carbocycles. The van der Waals surface area contributed by atoms with E-state index in [1.807, 2.05) is 6.92 Å². The number of anilines is 1. The first-order valence-electron chi connectivity index (χ1n) is 6.35. The zero-order valence-corrected chi connectivity index (χ0v) is 11.8. The lowest BCUT2D eigenvalue weighted by molar-refractivity contribution is -0.384. The van der Waals surface area contributed by atoms with Crippen molar-refractivity contribution in [3.63, 3.8) is 0 Å². The maximum absolute atomic E-state index is 12.3. The number of nitro benzene ring substituents is 1. The number of hydrogen-bond acceptors (Lipinski definition) is 4. The van der Waals surface area contributed by atoms with Gasteiger partial charge in [-0.2, -0.15) is 0 Å². The van der Waals surface area contributed by atoms with E-state index >= 15 is 0 Å². The second-order valence-electron chi connectivity index (χ2n) is 5.29. The summed E-state index contributed by atoms with van der Waals surface area (Å²) in [6, 6.07) is 4.00. The zero-order chi connectivity index (χ0) is 14.9. The van der Waals surface area contributed by atoms with Crippen molar-refractivity contribution < 1.29 is 9.72 Å². The van der Waals surface area contributed by atoms with Crippen LogP contribution >= 0.6 is 11.6 Å². The Morgan fingerprint density at radius 1 is 1.60 bits per heavy atom. The molecule has 0 saturated heterocycles. The number of nitrogens with one attached hydrogen (secondary N) is 1. The van der Waals surface area contributed by atoms with E-state index in [2.05, 4.69) is 5.32 Å². The van der Waals surface area contributed by atoms with Crippen LogP contribution in [0.2, 0.25) is 5.02 Å². The Balaban J connectivity index is 2.20. The summed E-state index contributed by atoms with van der Waals surface area (Å²) in [5.41, 5.74) is 5.47. The molecule has 0 bridgehead atoms. The first-order chi connectivity index (χ1) is 9.34. The highest BCUT2D eigenvalue weighted by Gasteiger charge is 2.43. The SMILES string of the molecule is CC1(C(=O)Nc2ccc(Cl)c([N+](=O)[O-])c2)CCCC1N. The van der Waals surface area contributed by atoms with Gasteiger partial charge in [0.25, 0.3) is 5.69 Å². The fourth-order valence-electron chi connectivity index (χ4n) is 2.48. The second-order valence-corrected chi connectivity index (χ2v) is 5.70. The van der Waals surface area contributed by atoms with Crippen LogP contribution in [0.3, 0.4) is 0 Å². The molecular weight excluding hydrogens is 282 g/mol. The van der Waals surface area contributed by atoms with Gasteiger partial charge in [0.2, 0.25) is 5.91 Å². The van der Waals surface area contributed by atoms with E-state index in [0.29, 0.717) is 5.69 Å². The van der Waals surface area contributed by atoms with Gasteiger partial charge in [-0.1, -0.05) is 18.0 Å². The van der Waals surface area contributed by atoms with Gasteiger partial charge in [-0.05, 0) is 31.9 Å². The maximum Gasteiger partial charge on any atom is 0.289 e. The molecule has 20 heavy (non-hydrogen) atoms. The quantitative estimate of drug-likeness (QED) is 0.662. The number of rotatable bonds is 3. The molecule has 1 fully saturated rings. The van der Waals surface area contributed by atoms with Gasteiger partial charge in [0.1, 0.15) is 5.02 Å². The summed E-state index contributed by atoms with van der Waals surface area (Å²) in [5, 5.41) is 13.6. The lowest BCUT2D eigenvalue weighted by Crippen LogP contribution is -2.44. The van der Waals surface area contributed by atoms with Crippen LogP contribution < -0.4 is 11.1 Å². The number of nitrogens with zero attached hydrogens (tertiary/aromatic N) is 1. The lowest BCUT2D eigenvalue weighted by Gasteiger charge is -2.27. The summed E-state index contributed by atoms with van der Waals surface area (Å²) < 4.78 is 0. The fraction of sp³-hybridized carbons (Fsp3) is 0.462. The molecule has 0 radical (unpaired) electrons. The van der Waals surface area contributed by atoms with E-state index in [9.17, 15) is 14.9 Å². The Labute approximate surface area is 121 Å². The molecule has 1 aliphatic rings. The minimum Gasteiger partial charge on any atom is -0.327 e. The highest BCUT2D eigenvalue weighted by atomic mass is 35.5. The van der Waals surface area contributed by atoms with Crippen LogP contribution in [0.15, 0.2) is 18.2 Å². The monoisotopic (exact) mass is 297 g/mol. The fourth-order valence-corrected chi connectivity index (χ4v) is 2.67. The van der Waals surface area contributed by atoms with Gasteiger partial charge in [-0.25, -0.2) is 0 Å². The van der Waals surface area contributed by atoms with Crippen LogP contribution in [0.25, 0.3) is 0 Å². The number of carbonyl (C=O) groups excluding carboxylic acids is 1. The molecule has 1 saturated carbocycles. The molecule has 1 aliphatic carbocycles. The number of amides is 1. The summed E-state index contributed by atoms with van der Waals surface area (Å²) in [5.74, 6) is -0.209. The largest absolute Gasteiger partial charge is 0.327 e. The van der Waals surface area contributed by atoms with Crippen molar-refractivity contribution in [3.8, 4) is 0 Å². The highest BCUT2D eigenvalue weighted by molar-refractivity contribution is 6.32. The summed E-state index contributed by atoms with van der Waals surface area (Å²) in [4.78, 5) is 22.6. The van der Waals surface area contributed by atoms with E-state index in [-0.39, 0.29) is 22.7 Å². The zero-order valence-electron chi connectivity index (χ0n) is 11.1. The van der Waals surface area contributed by atoms with Crippen molar-refractivity contribution in [2.24, 2.45) is 11.1 Å². The third-order valence-electron chi connectivity index (χ3n) is 3.95. The Morgan fingerprint density at radius 2 is 2.30 bits per heavy atom. The van der Waals surface area contributed by atoms with Crippen molar-refractivity contribution in [3.05, 3.63) is 33.3 Å². The molecule has 6 nitrogen and oxygen atoms in total. The molecule has 108 valence electrons. The molecule has 0 heterocycles. The van der Waals surface area contributed by atoms with Crippen LogP contribution in [0.4, 0.5) is 11.4 Å². The Bertz CT molecular complexity index is 564. The number of halogens is 1. The number of nitrogens with two attached hydrogens (primary N) is 1. The molecule has 7 heteroatoms. The molecule has 1 amide bonds. The van der Waals surface area contributed by atoms with Gasteiger partial charge in [-0.3, -0.25) is 14.9 Å². The standard InChI is InChI=1S/C13H16ClN3O3/c1-13(6-2-3-11(13)15)12(18)16-8-4-5-9(14)10(7-8)17(19)20/h4-5,7,11H,2-3,6,15H2,1H3,(H,16,18). The predicted octanol–water partition coefficient (Wildman–Crippen LogP) is 2.70. The Kier molecular flexibility index (Phi) is 3.96. The summed E-state index contributed by atoms with van der Waals surface area (Å²) >= 11 is 5.73. The number of nitro groups is 1. The van der Waals surface area contributed by atoms with Crippen molar-refractivity contribution >= 4 is 28.9 Å². The molecule has 3 N–H and O–H groups in total. The van der Waals surface area contributed by atoms with Gasteiger partial charge in [0.15, 0.2) is 0 Å². The summed E-state index contributed by atoms with van der Waals surface area (Å²) in [6.45, 7) is 1.82. The number of benzene rings is 1. The van der Waals surface area contributed by atoms with Crippen LogP contribution in [0.1, 0.15) is 26.2 Å². The molecule has 0 aliphatic heterocycles. The molecular formula is C13H16ClN3O3. The molecule has 2 rings (SSSR count). The van der Waals surface area contributed by atoms with E-state index < -0.39 is 10.3 Å². The van der Waals surface area contributed by atoms with Gasteiger partial charge >= 0.3 is 0 Å². The van der Waals surface area contributed by atoms with Crippen LogP contribution in [-0.2, 0) is 4.79 Å². The van der Waals surface area contributed by atoms with Gasteiger partial charge in [0.05, 0.1) is 10.3 Å². The van der Waals surface area contributed by atoms with E-state index in [1.54, 1.807) is 0 Å². The van der Waals surface area contributed by atoms with Gasteiger partial charge < -0.3 is 11.1 Å². The first kappa shape index (κ1) is 14.7. The molecule has 2 atom stereocenters. The highest BCUT2D eigenvalue weighted by Crippen LogP contribution is 2.38. The maximum atomic E-state index is 12.3. The van der Waals surface area contributed by atoms with E-state index in [4.69, 9.17) is 17.3 Å². The van der Waals surface area contributed by atoms with E-state index in [0.717, 1.165) is 19.3 Å². The molecule has 1 aromatic rings. The minimum atomic E-state index is -0.631. The third-order valence-corrected chi connectivity index (χ3v) is 4.27. The predicted molar refractivity (Wildman–Crippen MR) is 76.7 cm³/mol. The van der Waals surface area contributed by atoms with Crippen molar-refractivity contribution in [2.45, 2.75) is 32.2 Å². The van der Waals surface area contributed by atoms with Gasteiger partial charge in [-0.15, -0.1) is 0 Å². The molecule has 2 unspecified atom stereocenters. The van der Waals surface area contributed by atoms with Gasteiger partial charge in [0, 0.05) is 17.8 Å². The first-order valence-corrected chi connectivity index (χ1v) is 6.73. The van der Waals surface area contributed by atoms with Crippen molar-refractivity contribution in [2.75, 3.05) is 5.32 Å². The lowest BCUT2D eigenvalue weighted by atomic mass is 9.84. The van der Waals surface area contributed by atoms with Crippen LogP contribution in [-0.4, -0.2) is 16.9 Å². The average Bonchev–Trinajstić information content (AvgIpc) is 2.73. The topological polar surface area (TPSA) is 98.3 Å². The summed E-state index contributed by atoms with van der Waals surface area (Å²) in [7, 11) is 0.